The summed E-state index contributed by atoms with van der Waals surface area (Å²) in [5.41, 5.74) is 0.768. The van der Waals surface area contributed by atoms with Gasteiger partial charge in [0.2, 0.25) is 0 Å². The summed E-state index contributed by atoms with van der Waals surface area (Å²) in [4.78, 5) is 6.93. The normalized spacial score (nSPS) is 17.3. The molecule has 1 unspecified atom stereocenters. The van der Waals surface area contributed by atoms with E-state index >= 15 is 0 Å². The van der Waals surface area contributed by atoms with E-state index in [9.17, 15) is 5.11 Å². The lowest BCUT2D eigenvalue weighted by molar-refractivity contribution is 0.185. The van der Waals surface area contributed by atoms with E-state index in [4.69, 9.17) is 9.47 Å². The van der Waals surface area contributed by atoms with Gasteiger partial charge in [0.25, 0.3) is 0 Å². The number of benzene rings is 1. The Kier molecular flexibility index (Phi) is 7.37. The van der Waals surface area contributed by atoms with Crippen molar-refractivity contribution in [1.82, 2.24) is 10.2 Å². The zero-order valence-electron chi connectivity index (χ0n) is 15.8. The van der Waals surface area contributed by atoms with Crippen LogP contribution < -0.4 is 14.8 Å². The van der Waals surface area contributed by atoms with Gasteiger partial charge < -0.3 is 24.8 Å². The molecule has 1 fully saturated rings. The predicted octanol–water partition coefficient (Wildman–Crippen LogP) is 2.43. The lowest BCUT2D eigenvalue weighted by atomic mass is 9.99. The van der Waals surface area contributed by atoms with Crippen LogP contribution in [0, 0.1) is 5.92 Å². The summed E-state index contributed by atoms with van der Waals surface area (Å²) in [6.45, 7) is 7.51. The number of guanidine groups is 1. The van der Waals surface area contributed by atoms with Crippen molar-refractivity contribution in [1.29, 1.82) is 0 Å². The minimum absolute atomic E-state index is 0.309. The maximum atomic E-state index is 10.5. The molecule has 0 aliphatic carbocycles. The molecule has 1 aromatic carbocycles. The average Bonchev–Trinajstić information content (AvgIpc) is 2.65. The molecule has 0 saturated carbocycles. The molecule has 0 aromatic heterocycles. The Balaban J connectivity index is 2.06. The van der Waals surface area contributed by atoms with Gasteiger partial charge in [-0.1, -0.05) is 13.0 Å². The van der Waals surface area contributed by atoms with Gasteiger partial charge in [-0.3, -0.25) is 4.99 Å². The number of likely N-dealkylation sites (tertiary alicyclic amines) is 1. The quantitative estimate of drug-likeness (QED) is 0.610. The zero-order chi connectivity index (χ0) is 18.2. The minimum Gasteiger partial charge on any atom is -0.493 e. The van der Waals surface area contributed by atoms with Crippen molar-refractivity contribution >= 4 is 5.96 Å². The first kappa shape index (κ1) is 19.4. The van der Waals surface area contributed by atoms with Crippen molar-refractivity contribution in [3.05, 3.63) is 23.8 Å². The number of methoxy groups -OCH3 is 2. The molecule has 1 atom stereocenters. The van der Waals surface area contributed by atoms with Crippen LogP contribution in [-0.4, -0.2) is 56.4 Å². The summed E-state index contributed by atoms with van der Waals surface area (Å²) in [6, 6.07) is 5.45. The molecular weight excluding hydrogens is 318 g/mol. The summed E-state index contributed by atoms with van der Waals surface area (Å²) in [7, 11) is 3.19. The summed E-state index contributed by atoms with van der Waals surface area (Å²) in [6.07, 6.45) is 1.68. The van der Waals surface area contributed by atoms with Gasteiger partial charge >= 0.3 is 0 Å². The number of aliphatic imine (C=N–C) groups is 1. The number of rotatable bonds is 6. The maximum Gasteiger partial charge on any atom is 0.194 e. The number of nitrogens with zero attached hydrogens (tertiary/aromatic N) is 2. The van der Waals surface area contributed by atoms with E-state index in [1.807, 2.05) is 6.07 Å². The molecule has 1 heterocycles. The molecule has 0 spiro atoms. The molecule has 2 rings (SSSR count). The van der Waals surface area contributed by atoms with Crippen LogP contribution in [0.3, 0.4) is 0 Å². The minimum atomic E-state index is -0.683. The monoisotopic (exact) mass is 349 g/mol. The Bertz CT molecular complexity index is 569. The number of piperidine rings is 1. The fraction of sp³-hybridized carbons (Fsp3) is 0.632. The predicted molar refractivity (Wildman–Crippen MR) is 100 cm³/mol. The van der Waals surface area contributed by atoms with Gasteiger partial charge in [-0.2, -0.15) is 0 Å². The number of ether oxygens (including phenoxy) is 2. The van der Waals surface area contributed by atoms with Gasteiger partial charge in [0, 0.05) is 19.6 Å². The van der Waals surface area contributed by atoms with Crippen molar-refractivity contribution in [2.24, 2.45) is 10.9 Å². The second-order valence-electron chi connectivity index (χ2n) is 6.49. The van der Waals surface area contributed by atoms with Crippen molar-refractivity contribution in [2.75, 3.05) is 40.4 Å². The maximum absolute atomic E-state index is 10.5. The second kappa shape index (κ2) is 9.51. The van der Waals surface area contributed by atoms with Crippen LogP contribution in [0.1, 0.15) is 38.4 Å². The third-order valence-corrected chi connectivity index (χ3v) is 4.62. The Labute approximate surface area is 150 Å². The van der Waals surface area contributed by atoms with E-state index in [1.54, 1.807) is 26.4 Å². The van der Waals surface area contributed by atoms with Crippen LogP contribution in [0.2, 0.25) is 0 Å². The van der Waals surface area contributed by atoms with E-state index in [1.165, 1.54) is 12.8 Å². The Morgan fingerprint density at radius 3 is 2.56 bits per heavy atom. The Hall–Kier alpha value is -1.95. The van der Waals surface area contributed by atoms with Crippen molar-refractivity contribution in [3.8, 4) is 11.5 Å². The first-order valence-electron chi connectivity index (χ1n) is 9.02. The first-order valence-corrected chi connectivity index (χ1v) is 9.02. The van der Waals surface area contributed by atoms with Crippen molar-refractivity contribution in [3.63, 3.8) is 0 Å². The van der Waals surface area contributed by atoms with E-state index < -0.39 is 6.10 Å². The first-order chi connectivity index (χ1) is 12.1. The summed E-state index contributed by atoms with van der Waals surface area (Å²) in [5.74, 6) is 2.92. The number of aliphatic hydroxyl groups is 1. The van der Waals surface area contributed by atoms with Gasteiger partial charge in [0.05, 0.1) is 26.9 Å². The van der Waals surface area contributed by atoms with Crippen LogP contribution in [-0.2, 0) is 0 Å². The lowest BCUT2D eigenvalue weighted by Crippen LogP contribution is -2.45. The highest BCUT2D eigenvalue weighted by Gasteiger charge is 2.19. The zero-order valence-corrected chi connectivity index (χ0v) is 15.8. The van der Waals surface area contributed by atoms with Crippen molar-refractivity contribution in [2.45, 2.75) is 32.8 Å². The Morgan fingerprint density at radius 1 is 1.28 bits per heavy atom. The van der Waals surface area contributed by atoms with Crippen LogP contribution >= 0.6 is 0 Å². The number of nitrogens with one attached hydrogen (secondary N) is 1. The fourth-order valence-corrected chi connectivity index (χ4v) is 2.98. The van der Waals surface area contributed by atoms with Crippen LogP contribution in [0.15, 0.2) is 23.2 Å². The third kappa shape index (κ3) is 5.26. The van der Waals surface area contributed by atoms with Crippen LogP contribution in [0.4, 0.5) is 0 Å². The molecule has 2 N–H and O–H groups in total. The summed E-state index contributed by atoms with van der Waals surface area (Å²) >= 11 is 0. The molecule has 0 radical (unpaired) electrons. The Morgan fingerprint density at radius 2 is 1.96 bits per heavy atom. The van der Waals surface area contributed by atoms with Gasteiger partial charge in [0.1, 0.15) is 0 Å². The van der Waals surface area contributed by atoms with Gasteiger partial charge in [-0.05, 0) is 43.4 Å². The van der Waals surface area contributed by atoms with E-state index in [0.717, 1.165) is 37.1 Å². The van der Waals surface area contributed by atoms with Crippen LogP contribution in [0.25, 0.3) is 0 Å². The number of hydrogen-bond acceptors (Lipinski definition) is 4. The molecule has 1 saturated heterocycles. The van der Waals surface area contributed by atoms with Crippen molar-refractivity contribution < 1.29 is 14.6 Å². The highest BCUT2D eigenvalue weighted by atomic mass is 16.5. The largest absolute Gasteiger partial charge is 0.493 e. The third-order valence-electron chi connectivity index (χ3n) is 4.62. The van der Waals surface area contributed by atoms with E-state index in [2.05, 4.69) is 29.1 Å². The topological polar surface area (TPSA) is 66.3 Å². The molecule has 6 heteroatoms. The van der Waals surface area contributed by atoms with E-state index in [-0.39, 0.29) is 0 Å². The standard InChI is InChI=1S/C19H31N3O3/c1-5-20-19(22-10-8-14(2)9-11-22)21-13-16(23)15-6-7-17(24-3)18(12-15)25-4/h6-7,12,14,16,23H,5,8-11,13H2,1-4H3,(H,20,21). The van der Waals surface area contributed by atoms with Crippen LogP contribution in [0.5, 0.6) is 11.5 Å². The number of aliphatic hydroxyl groups excluding tert-OH is 1. The summed E-state index contributed by atoms with van der Waals surface area (Å²) in [5, 5.41) is 13.8. The number of hydrogen-bond donors (Lipinski definition) is 2. The molecular formula is C19H31N3O3. The molecule has 6 nitrogen and oxygen atoms in total. The SMILES string of the molecule is CCNC(=NCC(O)c1ccc(OC)c(OC)c1)N1CCC(C)CC1. The van der Waals surface area contributed by atoms with E-state index in [0.29, 0.717) is 18.0 Å². The molecule has 1 aliphatic rings. The smallest absolute Gasteiger partial charge is 0.194 e. The highest BCUT2D eigenvalue weighted by Crippen LogP contribution is 2.30. The molecule has 1 aliphatic heterocycles. The molecule has 0 bridgehead atoms. The summed E-state index contributed by atoms with van der Waals surface area (Å²) < 4.78 is 10.5. The van der Waals surface area contributed by atoms with Gasteiger partial charge in [0.15, 0.2) is 17.5 Å². The molecule has 140 valence electrons. The molecule has 25 heavy (non-hydrogen) atoms. The molecule has 1 aromatic rings. The second-order valence-corrected chi connectivity index (χ2v) is 6.49. The highest BCUT2D eigenvalue weighted by molar-refractivity contribution is 5.80. The van der Waals surface area contributed by atoms with Gasteiger partial charge in [-0.15, -0.1) is 0 Å². The molecule has 0 amide bonds. The fourth-order valence-electron chi connectivity index (χ4n) is 2.98. The van der Waals surface area contributed by atoms with Gasteiger partial charge in [-0.25, -0.2) is 0 Å². The lowest BCUT2D eigenvalue weighted by Gasteiger charge is -2.33. The average molecular weight is 349 g/mol.